The predicted octanol–water partition coefficient (Wildman–Crippen LogP) is 2.25. The summed E-state index contributed by atoms with van der Waals surface area (Å²) in [5.41, 5.74) is -1.97. The highest BCUT2D eigenvalue weighted by molar-refractivity contribution is 6.67. The van der Waals surface area contributed by atoms with E-state index in [0.717, 1.165) is 0 Å². The first kappa shape index (κ1) is 10.5. The normalized spacial score (nSPS) is 9.93. The summed E-state index contributed by atoms with van der Waals surface area (Å²) in [5, 5.41) is 8.91. The minimum absolute atomic E-state index is 0.374. The van der Waals surface area contributed by atoms with Crippen molar-refractivity contribution >= 4 is 22.5 Å². The van der Waals surface area contributed by atoms with Crippen LogP contribution in [0.15, 0.2) is 12.1 Å². The van der Waals surface area contributed by atoms with Gasteiger partial charge in [-0.05, 0) is 17.7 Å². The predicted molar refractivity (Wildman–Crippen MR) is 43.2 cm³/mol. The van der Waals surface area contributed by atoms with Gasteiger partial charge in [-0.15, -0.1) is 0 Å². The van der Waals surface area contributed by atoms with E-state index in [4.69, 9.17) is 11.6 Å². The molecule has 0 spiro atoms. The zero-order valence-corrected chi connectivity index (χ0v) is 7.22. The fraction of sp³-hybridized carbons (Fsp3) is 0. The van der Waals surface area contributed by atoms with Crippen LogP contribution >= 0.6 is 11.6 Å². The number of nitro benzene ring substituents is 1. The van der Waals surface area contributed by atoms with E-state index < -0.39 is 33.1 Å². The SMILES string of the molecule is O=C(Cl)c1cc(F)cc([N+](=O)[O-])c1F. The van der Waals surface area contributed by atoms with Crippen molar-refractivity contribution < 1.29 is 18.5 Å². The molecular weight excluding hydrogens is 220 g/mol. The quantitative estimate of drug-likeness (QED) is 0.437. The van der Waals surface area contributed by atoms with E-state index in [-0.39, 0.29) is 0 Å². The first-order chi connectivity index (χ1) is 6.43. The molecule has 1 rings (SSSR count). The maximum Gasteiger partial charge on any atom is 0.308 e. The first-order valence-corrected chi connectivity index (χ1v) is 3.64. The lowest BCUT2D eigenvalue weighted by molar-refractivity contribution is -0.387. The van der Waals surface area contributed by atoms with Crippen molar-refractivity contribution in [2.45, 2.75) is 0 Å². The molecule has 7 heteroatoms. The van der Waals surface area contributed by atoms with Gasteiger partial charge >= 0.3 is 5.69 Å². The van der Waals surface area contributed by atoms with Crippen LogP contribution in [-0.2, 0) is 0 Å². The van der Waals surface area contributed by atoms with Crippen LogP contribution < -0.4 is 0 Å². The molecule has 0 bridgehead atoms. The van der Waals surface area contributed by atoms with Crippen molar-refractivity contribution in [1.82, 2.24) is 0 Å². The van der Waals surface area contributed by atoms with Crippen molar-refractivity contribution in [3.05, 3.63) is 39.4 Å². The second-order valence-corrected chi connectivity index (χ2v) is 2.66. The summed E-state index contributed by atoms with van der Waals surface area (Å²) in [4.78, 5) is 19.6. The van der Waals surface area contributed by atoms with E-state index in [9.17, 15) is 23.7 Å². The Balaban J connectivity index is 3.47. The maximum absolute atomic E-state index is 13.0. The molecule has 0 aliphatic rings. The maximum atomic E-state index is 13.0. The van der Waals surface area contributed by atoms with E-state index in [1.54, 1.807) is 0 Å². The van der Waals surface area contributed by atoms with Crippen LogP contribution in [0.3, 0.4) is 0 Å². The molecule has 14 heavy (non-hydrogen) atoms. The summed E-state index contributed by atoms with van der Waals surface area (Å²) in [5.74, 6) is -2.53. The van der Waals surface area contributed by atoms with Gasteiger partial charge in [-0.2, -0.15) is 4.39 Å². The molecule has 0 fully saturated rings. The van der Waals surface area contributed by atoms with Gasteiger partial charge in [0, 0.05) is 0 Å². The van der Waals surface area contributed by atoms with Crippen molar-refractivity contribution in [3.63, 3.8) is 0 Å². The van der Waals surface area contributed by atoms with Crippen LogP contribution in [0.25, 0.3) is 0 Å². The molecule has 0 atom stereocenters. The third-order valence-electron chi connectivity index (χ3n) is 1.43. The number of carbonyl (C=O) groups is 1. The Hall–Kier alpha value is -1.56. The molecule has 0 heterocycles. The lowest BCUT2D eigenvalue weighted by Gasteiger charge is -1.98. The Labute approximate surface area is 81.2 Å². The van der Waals surface area contributed by atoms with E-state index in [0.29, 0.717) is 12.1 Å². The van der Waals surface area contributed by atoms with Crippen molar-refractivity contribution in [2.75, 3.05) is 0 Å². The first-order valence-electron chi connectivity index (χ1n) is 3.26. The van der Waals surface area contributed by atoms with E-state index >= 15 is 0 Å². The fourth-order valence-corrected chi connectivity index (χ4v) is 0.988. The van der Waals surface area contributed by atoms with Crippen LogP contribution in [0, 0.1) is 21.7 Å². The van der Waals surface area contributed by atoms with Gasteiger partial charge in [0.25, 0.3) is 5.24 Å². The highest BCUT2D eigenvalue weighted by Gasteiger charge is 2.22. The van der Waals surface area contributed by atoms with Crippen LogP contribution in [0.2, 0.25) is 0 Å². The van der Waals surface area contributed by atoms with Crippen LogP contribution in [0.5, 0.6) is 0 Å². The highest BCUT2D eigenvalue weighted by atomic mass is 35.5. The summed E-state index contributed by atoms with van der Waals surface area (Å²) in [6, 6.07) is 0.871. The number of hydrogen-bond acceptors (Lipinski definition) is 3. The minimum atomic E-state index is -1.43. The van der Waals surface area contributed by atoms with Gasteiger partial charge in [-0.25, -0.2) is 4.39 Å². The number of nitro groups is 1. The smallest absolute Gasteiger partial charge is 0.275 e. The molecule has 0 aliphatic carbocycles. The number of benzene rings is 1. The molecule has 4 nitrogen and oxygen atoms in total. The largest absolute Gasteiger partial charge is 0.308 e. The molecule has 0 unspecified atom stereocenters. The highest BCUT2D eigenvalue weighted by Crippen LogP contribution is 2.23. The summed E-state index contributed by atoms with van der Waals surface area (Å²) in [7, 11) is 0. The summed E-state index contributed by atoms with van der Waals surface area (Å²) < 4.78 is 25.7. The van der Waals surface area contributed by atoms with Gasteiger partial charge in [0.1, 0.15) is 5.82 Å². The number of rotatable bonds is 2. The van der Waals surface area contributed by atoms with Crippen LogP contribution in [-0.4, -0.2) is 10.2 Å². The molecule has 74 valence electrons. The van der Waals surface area contributed by atoms with Gasteiger partial charge in [0.15, 0.2) is 0 Å². The molecule has 0 aliphatic heterocycles. The van der Waals surface area contributed by atoms with Crippen molar-refractivity contribution in [3.8, 4) is 0 Å². The zero-order valence-electron chi connectivity index (χ0n) is 6.46. The number of halogens is 3. The van der Waals surface area contributed by atoms with E-state index in [1.165, 1.54) is 0 Å². The monoisotopic (exact) mass is 221 g/mol. The topological polar surface area (TPSA) is 60.2 Å². The Morgan fingerprint density at radius 3 is 2.43 bits per heavy atom. The number of hydrogen-bond donors (Lipinski definition) is 0. The van der Waals surface area contributed by atoms with Gasteiger partial charge in [-0.1, -0.05) is 0 Å². The lowest BCUT2D eigenvalue weighted by Crippen LogP contribution is -2.01. The molecule has 0 N–H and O–H groups in total. The number of nitrogens with zero attached hydrogens (tertiary/aromatic N) is 1. The lowest BCUT2D eigenvalue weighted by atomic mass is 10.2. The van der Waals surface area contributed by atoms with Crippen molar-refractivity contribution in [2.24, 2.45) is 0 Å². The van der Waals surface area contributed by atoms with E-state index in [2.05, 4.69) is 0 Å². The molecule has 0 saturated heterocycles. The van der Waals surface area contributed by atoms with Crippen LogP contribution in [0.4, 0.5) is 14.5 Å². The van der Waals surface area contributed by atoms with E-state index in [1.807, 2.05) is 0 Å². The van der Waals surface area contributed by atoms with Gasteiger partial charge in [0.05, 0.1) is 16.6 Å². The minimum Gasteiger partial charge on any atom is -0.275 e. The van der Waals surface area contributed by atoms with Gasteiger partial charge in [-0.3, -0.25) is 14.9 Å². The average molecular weight is 222 g/mol. The Morgan fingerprint density at radius 2 is 2.00 bits per heavy atom. The van der Waals surface area contributed by atoms with Gasteiger partial charge in [0.2, 0.25) is 5.82 Å². The molecule has 1 aromatic carbocycles. The van der Waals surface area contributed by atoms with Crippen LogP contribution in [0.1, 0.15) is 10.4 Å². The zero-order chi connectivity index (χ0) is 10.9. The summed E-state index contributed by atoms with van der Waals surface area (Å²) in [6.07, 6.45) is 0. The molecule has 1 aromatic rings. The molecule has 0 radical (unpaired) electrons. The Kier molecular flexibility index (Phi) is 2.76. The molecule has 0 amide bonds. The molecule has 0 aromatic heterocycles. The van der Waals surface area contributed by atoms with Crippen molar-refractivity contribution in [1.29, 1.82) is 0 Å². The Bertz CT molecular complexity index is 386. The fourth-order valence-electron chi connectivity index (χ4n) is 0.851. The Morgan fingerprint density at radius 1 is 1.43 bits per heavy atom. The molecule has 0 saturated carbocycles. The third-order valence-corrected chi connectivity index (χ3v) is 1.63. The second kappa shape index (κ2) is 3.67. The standard InChI is InChI=1S/C7H2ClF2NO3/c8-7(12)4-1-3(9)2-5(6(4)10)11(13)14/h1-2H. The number of carbonyl (C=O) groups excluding carboxylic acids is 1. The van der Waals surface area contributed by atoms with Gasteiger partial charge < -0.3 is 0 Å². The summed E-state index contributed by atoms with van der Waals surface area (Å²) >= 11 is 4.89. The summed E-state index contributed by atoms with van der Waals surface area (Å²) in [6.45, 7) is 0. The second-order valence-electron chi connectivity index (χ2n) is 2.32. The molecular formula is C7H2ClF2NO3. The average Bonchev–Trinajstić information content (AvgIpc) is 2.07. The third kappa shape index (κ3) is 1.85.